The third kappa shape index (κ3) is 3.05. The number of nitrogens with one attached hydrogen (secondary N) is 1. The Kier molecular flexibility index (Phi) is 3.81. The first kappa shape index (κ1) is 11.1. The van der Waals surface area contributed by atoms with Gasteiger partial charge in [-0.2, -0.15) is 11.3 Å². The van der Waals surface area contributed by atoms with Crippen molar-refractivity contribution in [2.45, 2.75) is 20.0 Å². The predicted molar refractivity (Wildman–Crippen MR) is 68.9 cm³/mol. The molecule has 0 aromatic carbocycles. The molecule has 0 atom stereocenters. The van der Waals surface area contributed by atoms with Crippen LogP contribution in [0, 0.1) is 6.92 Å². The minimum atomic E-state index is 0.860. The van der Waals surface area contributed by atoms with E-state index in [1.165, 1.54) is 16.0 Å². The summed E-state index contributed by atoms with van der Waals surface area (Å²) in [6.07, 6.45) is 0. The highest BCUT2D eigenvalue weighted by Crippen LogP contribution is 2.21. The van der Waals surface area contributed by atoms with Gasteiger partial charge in [0.1, 0.15) is 0 Å². The van der Waals surface area contributed by atoms with Gasteiger partial charge < -0.3 is 5.32 Å². The Morgan fingerprint density at radius 1 is 1.27 bits per heavy atom. The number of hydrogen-bond donors (Lipinski definition) is 1. The molecule has 0 aliphatic rings. The van der Waals surface area contributed by atoms with Gasteiger partial charge in [0, 0.05) is 18.0 Å². The zero-order valence-corrected chi connectivity index (χ0v) is 10.8. The number of halogens is 1. The molecule has 0 saturated heterocycles. The van der Waals surface area contributed by atoms with Crippen molar-refractivity contribution in [2.75, 3.05) is 0 Å². The monoisotopic (exact) mass is 257 g/mol. The van der Waals surface area contributed by atoms with E-state index in [4.69, 9.17) is 11.6 Å². The molecule has 0 unspecified atom stereocenters. The van der Waals surface area contributed by atoms with Gasteiger partial charge in [0.25, 0.3) is 0 Å². The molecule has 0 saturated carbocycles. The smallest absolute Gasteiger partial charge is 0.0931 e. The summed E-state index contributed by atoms with van der Waals surface area (Å²) >= 11 is 9.25. The van der Waals surface area contributed by atoms with Crippen LogP contribution in [-0.2, 0) is 13.1 Å². The summed E-state index contributed by atoms with van der Waals surface area (Å²) in [5, 5.41) is 7.79. The van der Waals surface area contributed by atoms with E-state index in [0.717, 1.165) is 17.4 Å². The van der Waals surface area contributed by atoms with Crippen molar-refractivity contribution in [3.8, 4) is 0 Å². The fraction of sp³-hybridized carbons (Fsp3) is 0.273. The minimum absolute atomic E-state index is 0.860. The van der Waals surface area contributed by atoms with E-state index in [0.29, 0.717) is 0 Å². The van der Waals surface area contributed by atoms with E-state index in [1.807, 2.05) is 6.07 Å². The average molecular weight is 258 g/mol. The number of aryl methyl sites for hydroxylation is 1. The van der Waals surface area contributed by atoms with E-state index in [-0.39, 0.29) is 0 Å². The molecule has 1 nitrogen and oxygen atoms in total. The average Bonchev–Trinajstić information content (AvgIpc) is 2.77. The van der Waals surface area contributed by atoms with E-state index in [9.17, 15) is 0 Å². The van der Waals surface area contributed by atoms with Crippen LogP contribution < -0.4 is 5.32 Å². The normalized spacial score (nSPS) is 10.8. The summed E-state index contributed by atoms with van der Waals surface area (Å²) in [7, 11) is 0. The number of rotatable bonds is 4. The molecule has 0 fully saturated rings. The van der Waals surface area contributed by atoms with Crippen molar-refractivity contribution < 1.29 is 0 Å². The second-order valence-corrected chi connectivity index (χ2v) is 5.93. The maximum absolute atomic E-state index is 5.86. The summed E-state index contributed by atoms with van der Waals surface area (Å²) in [6, 6.07) is 4.01. The summed E-state index contributed by atoms with van der Waals surface area (Å²) in [5.74, 6) is 0. The van der Waals surface area contributed by atoms with Crippen LogP contribution in [-0.4, -0.2) is 0 Å². The molecule has 0 bridgehead atoms. The molecule has 2 rings (SSSR count). The molecule has 0 amide bonds. The Bertz CT molecular complexity index is 433. The summed E-state index contributed by atoms with van der Waals surface area (Å²) in [6.45, 7) is 3.98. The van der Waals surface area contributed by atoms with Crippen LogP contribution in [0.5, 0.6) is 0 Å². The molecule has 15 heavy (non-hydrogen) atoms. The van der Waals surface area contributed by atoms with Gasteiger partial charge in [0.05, 0.1) is 4.34 Å². The van der Waals surface area contributed by atoms with Crippen LogP contribution >= 0.6 is 34.3 Å². The number of thiophene rings is 2. The van der Waals surface area contributed by atoms with Gasteiger partial charge >= 0.3 is 0 Å². The molecule has 4 heteroatoms. The van der Waals surface area contributed by atoms with Gasteiger partial charge in [-0.3, -0.25) is 0 Å². The molecule has 2 heterocycles. The lowest BCUT2D eigenvalue weighted by Crippen LogP contribution is -2.11. The van der Waals surface area contributed by atoms with Crippen molar-refractivity contribution in [1.82, 2.24) is 5.32 Å². The standard InChI is InChI=1S/C11H12ClNS2/c1-8-6-14-7-9(8)4-13-5-10-2-3-11(12)15-10/h2-3,6-7,13H,4-5H2,1H3. The highest BCUT2D eigenvalue weighted by Gasteiger charge is 2.00. The lowest BCUT2D eigenvalue weighted by atomic mass is 10.2. The minimum Gasteiger partial charge on any atom is -0.308 e. The van der Waals surface area contributed by atoms with Gasteiger partial charge in [-0.05, 0) is 40.9 Å². The van der Waals surface area contributed by atoms with Crippen molar-refractivity contribution >= 4 is 34.3 Å². The quantitative estimate of drug-likeness (QED) is 0.871. The Morgan fingerprint density at radius 3 is 2.73 bits per heavy atom. The first-order valence-corrected chi connectivity index (χ1v) is 6.86. The largest absolute Gasteiger partial charge is 0.308 e. The van der Waals surface area contributed by atoms with Crippen molar-refractivity contribution in [1.29, 1.82) is 0 Å². The van der Waals surface area contributed by atoms with Gasteiger partial charge in [0.15, 0.2) is 0 Å². The molecule has 1 N–H and O–H groups in total. The zero-order chi connectivity index (χ0) is 10.7. The van der Waals surface area contributed by atoms with Gasteiger partial charge in [-0.15, -0.1) is 11.3 Å². The molecule has 80 valence electrons. The fourth-order valence-electron chi connectivity index (χ4n) is 1.34. The van der Waals surface area contributed by atoms with Crippen LogP contribution in [0.1, 0.15) is 16.0 Å². The molecular formula is C11H12ClNS2. The number of hydrogen-bond acceptors (Lipinski definition) is 3. The molecule has 0 radical (unpaired) electrons. The third-order valence-corrected chi connectivity index (χ3v) is 4.35. The second kappa shape index (κ2) is 5.12. The SMILES string of the molecule is Cc1cscc1CNCc1ccc(Cl)s1. The van der Waals surface area contributed by atoms with E-state index >= 15 is 0 Å². The summed E-state index contributed by atoms with van der Waals surface area (Å²) < 4.78 is 0.860. The topological polar surface area (TPSA) is 12.0 Å². The van der Waals surface area contributed by atoms with Crippen LogP contribution in [0.3, 0.4) is 0 Å². The Labute approximate surface area is 103 Å². The lowest BCUT2D eigenvalue weighted by molar-refractivity contribution is 0.700. The molecule has 0 spiro atoms. The first-order valence-electron chi connectivity index (χ1n) is 4.72. The Morgan fingerprint density at radius 2 is 2.13 bits per heavy atom. The van der Waals surface area contributed by atoms with Crippen LogP contribution in [0.4, 0.5) is 0 Å². The first-order chi connectivity index (χ1) is 7.25. The van der Waals surface area contributed by atoms with E-state index < -0.39 is 0 Å². The van der Waals surface area contributed by atoms with Gasteiger partial charge in [-0.25, -0.2) is 0 Å². The predicted octanol–water partition coefficient (Wildman–Crippen LogP) is 4.06. The van der Waals surface area contributed by atoms with E-state index in [2.05, 4.69) is 29.1 Å². The maximum Gasteiger partial charge on any atom is 0.0931 e. The Balaban J connectivity index is 1.83. The molecule has 2 aromatic rings. The highest BCUT2D eigenvalue weighted by atomic mass is 35.5. The van der Waals surface area contributed by atoms with Crippen LogP contribution in [0.15, 0.2) is 22.9 Å². The van der Waals surface area contributed by atoms with Crippen molar-refractivity contribution in [2.24, 2.45) is 0 Å². The molecular weight excluding hydrogens is 246 g/mol. The highest BCUT2D eigenvalue weighted by molar-refractivity contribution is 7.16. The summed E-state index contributed by atoms with van der Waals surface area (Å²) in [5.41, 5.74) is 2.76. The third-order valence-electron chi connectivity index (χ3n) is 2.21. The molecule has 0 aliphatic heterocycles. The molecule has 2 aromatic heterocycles. The second-order valence-electron chi connectivity index (χ2n) is 3.39. The van der Waals surface area contributed by atoms with Crippen molar-refractivity contribution in [3.05, 3.63) is 43.2 Å². The lowest BCUT2D eigenvalue weighted by Gasteiger charge is -2.02. The molecule has 0 aliphatic carbocycles. The van der Waals surface area contributed by atoms with Crippen molar-refractivity contribution in [3.63, 3.8) is 0 Å². The maximum atomic E-state index is 5.86. The fourth-order valence-corrected chi connectivity index (χ4v) is 3.25. The van der Waals surface area contributed by atoms with Gasteiger partial charge in [0.2, 0.25) is 0 Å². The van der Waals surface area contributed by atoms with Crippen LogP contribution in [0.2, 0.25) is 4.34 Å². The van der Waals surface area contributed by atoms with Crippen LogP contribution in [0.25, 0.3) is 0 Å². The Hall–Kier alpha value is -0.350. The zero-order valence-electron chi connectivity index (χ0n) is 8.42. The van der Waals surface area contributed by atoms with Gasteiger partial charge in [-0.1, -0.05) is 11.6 Å². The van der Waals surface area contributed by atoms with E-state index in [1.54, 1.807) is 22.7 Å². The summed E-state index contributed by atoms with van der Waals surface area (Å²) in [4.78, 5) is 1.29.